The van der Waals surface area contributed by atoms with Crippen LogP contribution in [0.5, 0.6) is 0 Å². The zero-order chi connectivity index (χ0) is 16.9. The van der Waals surface area contributed by atoms with Crippen molar-refractivity contribution in [2.24, 2.45) is 0 Å². The maximum absolute atomic E-state index is 12.5. The molecule has 0 aliphatic heterocycles. The summed E-state index contributed by atoms with van der Waals surface area (Å²) < 4.78 is 5.35. The average molecular weight is 343 g/mol. The first-order chi connectivity index (χ1) is 11.7. The van der Waals surface area contributed by atoms with Gasteiger partial charge in [0.05, 0.1) is 12.2 Å². The second-order valence-electron chi connectivity index (χ2n) is 5.87. The van der Waals surface area contributed by atoms with Gasteiger partial charge in [0.25, 0.3) is 5.91 Å². The topological polar surface area (TPSA) is 55.4 Å². The molecular weight excluding hydrogens is 322 g/mol. The molecule has 1 aliphatic carbocycles. The Kier molecular flexibility index (Phi) is 5.30. The van der Waals surface area contributed by atoms with Crippen LogP contribution >= 0.6 is 11.3 Å². The number of carbonyl (C=O) groups is 2. The Bertz CT molecular complexity index is 737. The molecule has 126 valence electrons. The Morgan fingerprint density at radius 2 is 1.92 bits per heavy atom. The smallest absolute Gasteiger partial charge is 0.341 e. The van der Waals surface area contributed by atoms with Gasteiger partial charge in [0.15, 0.2) is 0 Å². The third-order valence-electron chi connectivity index (χ3n) is 4.08. The van der Waals surface area contributed by atoms with E-state index >= 15 is 0 Å². The van der Waals surface area contributed by atoms with Gasteiger partial charge in [-0.15, -0.1) is 11.3 Å². The van der Waals surface area contributed by atoms with Gasteiger partial charge in [0.1, 0.15) is 5.00 Å². The van der Waals surface area contributed by atoms with Crippen molar-refractivity contribution in [2.45, 2.75) is 39.0 Å². The van der Waals surface area contributed by atoms with Gasteiger partial charge in [-0.1, -0.05) is 25.1 Å². The number of amides is 1. The molecule has 3 rings (SSSR count). The third-order valence-corrected chi connectivity index (χ3v) is 5.28. The Morgan fingerprint density at radius 1 is 1.17 bits per heavy atom. The lowest BCUT2D eigenvalue weighted by Gasteiger charge is -2.12. The van der Waals surface area contributed by atoms with Gasteiger partial charge >= 0.3 is 5.97 Å². The van der Waals surface area contributed by atoms with Gasteiger partial charge in [-0.25, -0.2) is 4.79 Å². The van der Waals surface area contributed by atoms with Crippen LogP contribution in [0.15, 0.2) is 30.3 Å². The van der Waals surface area contributed by atoms with E-state index in [0.717, 1.165) is 37.7 Å². The van der Waals surface area contributed by atoms with Crippen molar-refractivity contribution in [3.63, 3.8) is 0 Å². The van der Waals surface area contributed by atoms with E-state index in [9.17, 15) is 9.59 Å². The first-order valence-corrected chi connectivity index (χ1v) is 9.20. The number of anilines is 1. The van der Waals surface area contributed by atoms with Crippen LogP contribution in [0.3, 0.4) is 0 Å². The lowest BCUT2D eigenvalue weighted by Crippen LogP contribution is -2.16. The second-order valence-corrected chi connectivity index (χ2v) is 6.98. The summed E-state index contributed by atoms with van der Waals surface area (Å²) in [6.45, 7) is 2.37. The van der Waals surface area contributed by atoms with E-state index in [2.05, 4.69) is 5.32 Å². The summed E-state index contributed by atoms with van der Waals surface area (Å²) in [5.74, 6) is -0.515. The number of thiophene rings is 1. The van der Waals surface area contributed by atoms with Crippen molar-refractivity contribution in [1.29, 1.82) is 0 Å². The lowest BCUT2D eigenvalue weighted by atomic mass is 9.95. The summed E-state index contributed by atoms with van der Waals surface area (Å²) >= 11 is 1.51. The minimum Gasteiger partial charge on any atom is -0.462 e. The van der Waals surface area contributed by atoms with Gasteiger partial charge < -0.3 is 10.1 Å². The molecule has 0 saturated heterocycles. The standard InChI is InChI=1S/C19H21NO3S/c1-2-12-23-19(22)16-14-10-6-7-11-15(14)24-18(16)20-17(21)13-8-4-3-5-9-13/h3-5,8-9H,2,6-7,10-12H2,1H3,(H,20,21). The number of fused-ring (bicyclic) bond motifs is 1. The Labute approximate surface area is 145 Å². The van der Waals surface area contributed by atoms with Gasteiger partial charge in [0.2, 0.25) is 0 Å². The quantitative estimate of drug-likeness (QED) is 0.816. The molecule has 0 fully saturated rings. The summed E-state index contributed by atoms with van der Waals surface area (Å²) in [5, 5.41) is 3.54. The van der Waals surface area contributed by atoms with E-state index in [1.807, 2.05) is 25.1 Å². The fourth-order valence-electron chi connectivity index (χ4n) is 2.90. The molecule has 0 spiro atoms. The molecule has 0 radical (unpaired) electrons. The first-order valence-electron chi connectivity index (χ1n) is 8.38. The molecule has 24 heavy (non-hydrogen) atoms. The predicted octanol–water partition coefficient (Wildman–Crippen LogP) is 4.45. The second kappa shape index (κ2) is 7.62. The molecule has 1 aliphatic rings. The molecule has 0 bridgehead atoms. The van der Waals surface area contributed by atoms with Crippen molar-refractivity contribution < 1.29 is 14.3 Å². The molecule has 2 aromatic rings. The number of benzene rings is 1. The van der Waals surface area contributed by atoms with Crippen LogP contribution in [-0.2, 0) is 17.6 Å². The lowest BCUT2D eigenvalue weighted by molar-refractivity contribution is 0.0505. The van der Waals surface area contributed by atoms with Crippen molar-refractivity contribution in [3.8, 4) is 0 Å². The molecule has 0 unspecified atom stereocenters. The maximum atomic E-state index is 12.5. The first kappa shape index (κ1) is 16.7. The van der Waals surface area contributed by atoms with Crippen LogP contribution < -0.4 is 5.32 Å². The van der Waals surface area contributed by atoms with Crippen molar-refractivity contribution >= 4 is 28.2 Å². The normalized spacial score (nSPS) is 13.2. The number of rotatable bonds is 5. The van der Waals surface area contributed by atoms with E-state index in [1.165, 1.54) is 16.2 Å². The van der Waals surface area contributed by atoms with E-state index in [-0.39, 0.29) is 11.9 Å². The van der Waals surface area contributed by atoms with Crippen molar-refractivity contribution in [2.75, 3.05) is 11.9 Å². The molecule has 5 heteroatoms. The SMILES string of the molecule is CCCOC(=O)c1c(NC(=O)c2ccccc2)sc2c1CCCC2. The highest BCUT2D eigenvalue weighted by Gasteiger charge is 2.27. The molecule has 1 amide bonds. The molecule has 1 heterocycles. The molecule has 1 N–H and O–H groups in total. The number of hydrogen-bond donors (Lipinski definition) is 1. The Balaban J connectivity index is 1.90. The van der Waals surface area contributed by atoms with Gasteiger partial charge in [-0.2, -0.15) is 0 Å². The number of esters is 1. The fraction of sp³-hybridized carbons (Fsp3) is 0.368. The van der Waals surface area contributed by atoms with Crippen molar-refractivity contribution in [1.82, 2.24) is 0 Å². The van der Waals surface area contributed by atoms with Gasteiger partial charge in [-0.05, 0) is 49.8 Å². The highest BCUT2D eigenvalue weighted by atomic mass is 32.1. The van der Waals surface area contributed by atoms with Crippen LogP contribution in [0.4, 0.5) is 5.00 Å². The van der Waals surface area contributed by atoms with Crippen LogP contribution in [0.25, 0.3) is 0 Å². The minimum absolute atomic E-state index is 0.196. The number of hydrogen-bond acceptors (Lipinski definition) is 4. The monoisotopic (exact) mass is 343 g/mol. The number of ether oxygens (including phenoxy) is 1. The van der Waals surface area contributed by atoms with Crippen molar-refractivity contribution in [3.05, 3.63) is 51.9 Å². The van der Waals surface area contributed by atoms with Gasteiger partial charge in [-0.3, -0.25) is 4.79 Å². The fourth-order valence-corrected chi connectivity index (χ4v) is 4.17. The largest absolute Gasteiger partial charge is 0.462 e. The summed E-state index contributed by atoms with van der Waals surface area (Å²) in [6, 6.07) is 9.04. The zero-order valence-corrected chi connectivity index (χ0v) is 14.6. The third kappa shape index (κ3) is 3.51. The molecule has 0 saturated carbocycles. The average Bonchev–Trinajstić information content (AvgIpc) is 2.98. The minimum atomic E-state index is -0.320. The van der Waals surface area contributed by atoms with E-state index < -0.39 is 0 Å². The zero-order valence-electron chi connectivity index (χ0n) is 13.8. The summed E-state index contributed by atoms with van der Waals surface area (Å²) in [6.07, 6.45) is 4.83. The molecule has 1 aromatic heterocycles. The molecule has 1 aromatic carbocycles. The van der Waals surface area contributed by atoms with Crippen LogP contribution in [0, 0.1) is 0 Å². The van der Waals surface area contributed by atoms with Gasteiger partial charge in [0, 0.05) is 10.4 Å². The summed E-state index contributed by atoms with van der Waals surface area (Å²) in [4.78, 5) is 26.2. The Morgan fingerprint density at radius 3 is 2.67 bits per heavy atom. The summed E-state index contributed by atoms with van der Waals surface area (Å²) in [5.41, 5.74) is 2.21. The highest BCUT2D eigenvalue weighted by molar-refractivity contribution is 7.17. The molecule has 0 atom stereocenters. The molecule has 4 nitrogen and oxygen atoms in total. The van der Waals surface area contributed by atoms with Crippen LogP contribution in [-0.4, -0.2) is 18.5 Å². The Hall–Kier alpha value is -2.14. The van der Waals surface area contributed by atoms with Crippen LogP contribution in [0.2, 0.25) is 0 Å². The van der Waals surface area contributed by atoms with Crippen LogP contribution in [0.1, 0.15) is 57.3 Å². The summed E-state index contributed by atoms with van der Waals surface area (Å²) in [7, 11) is 0. The number of nitrogens with one attached hydrogen (secondary N) is 1. The highest BCUT2D eigenvalue weighted by Crippen LogP contribution is 2.38. The van der Waals surface area contributed by atoms with E-state index in [0.29, 0.717) is 22.7 Å². The predicted molar refractivity (Wildman–Crippen MR) is 95.9 cm³/mol. The molecular formula is C19H21NO3S. The number of aryl methyl sites for hydroxylation is 1. The maximum Gasteiger partial charge on any atom is 0.341 e. The van der Waals surface area contributed by atoms with E-state index in [1.54, 1.807) is 12.1 Å². The van der Waals surface area contributed by atoms with E-state index in [4.69, 9.17) is 4.74 Å². The number of carbonyl (C=O) groups excluding carboxylic acids is 2.